The van der Waals surface area contributed by atoms with Gasteiger partial charge in [-0.2, -0.15) is 0 Å². The maximum Gasteiger partial charge on any atom is 0.181 e. The summed E-state index contributed by atoms with van der Waals surface area (Å²) < 4.78 is 0. The van der Waals surface area contributed by atoms with E-state index in [-0.39, 0.29) is 26.2 Å². The average molecular weight is 264 g/mol. The first kappa shape index (κ1) is 9.32. The summed E-state index contributed by atoms with van der Waals surface area (Å²) in [7, 11) is 8.50. The number of hydrogen-bond donors (Lipinski definition) is 0. The van der Waals surface area contributed by atoms with Crippen LogP contribution in [0.15, 0.2) is 0 Å². The molecular formula is C2H6BBiN. The topological polar surface area (TPSA) is 3.24 Å². The Bertz CT molecular complexity index is 14.4. The van der Waals surface area contributed by atoms with Gasteiger partial charge in [-0.1, -0.05) is 0 Å². The van der Waals surface area contributed by atoms with E-state index in [1.165, 1.54) is 4.81 Å². The second-order valence-electron chi connectivity index (χ2n) is 0.964. The zero-order chi connectivity index (χ0) is 3.58. The van der Waals surface area contributed by atoms with Crippen molar-refractivity contribution in [3.63, 3.8) is 0 Å². The quantitative estimate of drug-likeness (QED) is 0.520. The molecule has 0 amide bonds. The van der Waals surface area contributed by atoms with E-state index in [1.807, 2.05) is 0 Å². The fraction of sp³-hybridized carbons (Fsp3) is 1.00. The van der Waals surface area contributed by atoms with Crippen LogP contribution in [0.4, 0.5) is 0 Å². The van der Waals surface area contributed by atoms with E-state index in [4.69, 9.17) is 7.98 Å². The molecule has 1 nitrogen and oxygen atoms in total. The van der Waals surface area contributed by atoms with Gasteiger partial charge in [0.05, 0.1) is 0 Å². The minimum Gasteiger partial charge on any atom is -0.359 e. The Morgan fingerprint density at radius 2 is 1.40 bits per heavy atom. The van der Waals surface area contributed by atoms with E-state index in [1.54, 1.807) is 14.1 Å². The summed E-state index contributed by atoms with van der Waals surface area (Å²) in [5, 5.41) is 0. The zero-order valence-corrected chi connectivity index (χ0v) is 6.95. The Hall–Kier alpha value is 0.908. The third-order valence-corrected chi connectivity index (χ3v) is 0. The van der Waals surface area contributed by atoms with E-state index in [9.17, 15) is 0 Å². The van der Waals surface area contributed by atoms with Gasteiger partial charge in [-0.25, -0.2) is 0 Å². The van der Waals surface area contributed by atoms with E-state index >= 15 is 0 Å². The van der Waals surface area contributed by atoms with Crippen molar-refractivity contribution in [1.29, 1.82) is 0 Å². The summed E-state index contributed by atoms with van der Waals surface area (Å²) >= 11 is 0. The minimum absolute atomic E-state index is 0. The monoisotopic (exact) mass is 264 g/mol. The van der Waals surface area contributed by atoms with Gasteiger partial charge in [-0.15, -0.1) is 0 Å². The maximum absolute atomic E-state index is 4.94. The van der Waals surface area contributed by atoms with Crippen molar-refractivity contribution in [2.24, 2.45) is 0 Å². The fourth-order valence-corrected chi connectivity index (χ4v) is 0. The molecule has 27 valence electrons. The predicted molar refractivity (Wildman–Crippen MR) is 25.2 cm³/mol. The summed E-state index contributed by atoms with van der Waals surface area (Å²) in [5.41, 5.74) is 0. The maximum atomic E-state index is 4.94. The molecule has 0 rings (SSSR count). The number of hydrogen-bond acceptors (Lipinski definition) is 1. The second-order valence-corrected chi connectivity index (χ2v) is 0.964. The summed E-state index contributed by atoms with van der Waals surface area (Å²) in [6.07, 6.45) is 0. The van der Waals surface area contributed by atoms with E-state index in [2.05, 4.69) is 0 Å². The first-order valence-corrected chi connectivity index (χ1v) is 1.15. The summed E-state index contributed by atoms with van der Waals surface area (Å²) in [6.45, 7) is 0. The molecule has 3 heteroatoms. The summed E-state index contributed by atoms with van der Waals surface area (Å²) in [5.74, 6) is 0. The van der Waals surface area contributed by atoms with Gasteiger partial charge in [0, 0.05) is 26.2 Å². The molecule has 5 heavy (non-hydrogen) atoms. The van der Waals surface area contributed by atoms with Crippen LogP contribution in [0.1, 0.15) is 0 Å². The minimum atomic E-state index is 0. The molecule has 0 aliphatic heterocycles. The molecule has 0 aromatic rings. The van der Waals surface area contributed by atoms with Gasteiger partial charge < -0.3 is 4.81 Å². The number of nitrogens with zero attached hydrogens (tertiary/aromatic N) is 1. The van der Waals surface area contributed by atoms with Crippen LogP contribution >= 0.6 is 0 Å². The van der Waals surface area contributed by atoms with Crippen molar-refractivity contribution in [2.45, 2.75) is 0 Å². The molecule has 0 atom stereocenters. The van der Waals surface area contributed by atoms with Crippen molar-refractivity contribution in [3.05, 3.63) is 0 Å². The standard InChI is InChI=1S/C2H6BN.Bi/c1-4(2)3;/h1-2H3;. The van der Waals surface area contributed by atoms with Gasteiger partial charge in [-0.05, 0) is 14.1 Å². The van der Waals surface area contributed by atoms with Crippen molar-refractivity contribution in [2.75, 3.05) is 14.1 Å². The molecule has 0 aromatic carbocycles. The van der Waals surface area contributed by atoms with Gasteiger partial charge in [-0.3, -0.25) is 0 Å². The first-order chi connectivity index (χ1) is 1.73. The van der Waals surface area contributed by atoms with E-state index in [0.717, 1.165) is 0 Å². The Labute approximate surface area is 53.3 Å². The van der Waals surface area contributed by atoms with Crippen LogP contribution in [0.5, 0.6) is 0 Å². The Morgan fingerprint density at radius 3 is 1.40 bits per heavy atom. The SMILES string of the molecule is [B]N(C)C.[Bi]. The van der Waals surface area contributed by atoms with E-state index in [0.29, 0.717) is 0 Å². The van der Waals surface area contributed by atoms with Crippen LogP contribution in [-0.4, -0.2) is 53.1 Å². The van der Waals surface area contributed by atoms with Crippen LogP contribution in [0, 0.1) is 0 Å². The molecule has 0 aromatic heterocycles. The smallest absolute Gasteiger partial charge is 0.181 e. The zero-order valence-electron chi connectivity index (χ0n) is 3.47. The van der Waals surface area contributed by atoms with Crippen LogP contribution in [0.25, 0.3) is 0 Å². The van der Waals surface area contributed by atoms with Crippen molar-refractivity contribution >= 4 is 34.2 Å². The number of rotatable bonds is 0. The summed E-state index contributed by atoms with van der Waals surface area (Å²) in [6, 6.07) is 0. The molecule has 0 aliphatic rings. The van der Waals surface area contributed by atoms with Crippen molar-refractivity contribution in [1.82, 2.24) is 4.81 Å². The molecule has 0 heterocycles. The molecule has 0 aliphatic carbocycles. The molecule has 0 fully saturated rings. The van der Waals surface area contributed by atoms with Gasteiger partial charge in [0.2, 0.25) is 0 Å². The van der Waals surface area contributed by atoms with Crippen LogP contribution < -0.4 is 0 Å². The normalized spacial score (nSPS) is 7.00. The molecular weight excluding hydrogens is 258 g/mol. The Balaban J connectivity index is 0. The Kier molecular flexibility index (Phi) is 9.15. The summed E-state index contributed by atoms with van der Waals surface area (Å²) in [4.78, 5) is 1.50. The van der Waals surface area contributed by atoms with Crippen molar-refractivity contribution in [3.8, 4) is 0 Å². The van der Waals surface area contributed by atoms with Crippen LogP contribution in [0.3, 0.4) is 0 Å². The second kappa shape index (κ2) is 4.91. The molecule has 0 spiro atoms. The molecule has 0 saturated carbocycles. The third kappa shape index (κ3) is 50.3. The van der Waals surface area contributed by atoms with Gasteiger partial charge >= 0.3 is 0 Å². The predicted octanol–water partition coefficient (Wildman–Crippen LogP) is -0.749. The van der Waals surface area contributed by atoms with Gasteiger partial charge in [0.1, 0.15) is 0 Å². The largest absolute Gasteiger partial charge is 0.359 e. The Morgan fingerprint density at radius 1 is 1.40 bits per heavy atom. The third-order valence-electron chi connectivity index (χ3n) is 0. The van der Waals surface area contributed by atoms with Crippen LogP contribution in [0.2, 0.25) is 0 Å². The first-order valence-electron chi connectivity index (χ1n) is 1.15. The van der Waals surface area contributed by atoms with Crippen LogP contribution in [-0.2, 0) is 0 Å². The van der Waals surface area contributed by atoms with Gasteiger partial charge in [0.15, 0.2) is 7.98 Å². The molecule has 0 bridgehead atoms. The molecule has 0 unspecified atom stereocenters. The van der Waals surface area contributed by atoms with Crippen molar-refractivity contribution < 1.29 is 0 Å². The van der Waals surface area contributed by atoms with Gasteiger partial charge in [0.25, 0.3) is 0 Å². The molecule has 0 saturated heterocycles. The fourth-order valence-electron chi connectivity index (χ4n) is 0. The molecule has 5 radical (unpaired) electrons. The molecule has 0 N–H and O–H groups in total. The average Bonchev–Trinajstić information content (AvgIpc) is 0.811. The van der Waals surface area contributed by atoms with E-state index < -0.39 is 0 Å².